The van der Waals surface area contributed by atoms with Gasteiger partial charge in [-0.3, -0.25) is 9.89 Å². The van der Waals surface area contributed by atoms with E-state index in [2.05, 4.69) is 47.6 Å². The number of anilines is 1. The molecule has 0 unspecified atom stereocenters. The van der Waals surface area contributed by atoms with E-state index in [1.165, 1.54) is 24.0 Å². The van der Waals surface area contributed by atoms with E-state index in [9.17, 15) is 4.79 Å². The van der Waals surface area contributed by atoms with E-state index < -0.39 is 0 Å². The van der Waals surface area contributed by atoms with Gasteiger partial charge in [0.05, 0.1) is 6.42 Å². The maximum Gasteiger partial charge on any atom is 0.229 e. The molecule has 4 nitrogen and oxygen atoms in total. The molecule has 0 spiro atoms. The van der Waals surface area contributed by atoms with E-state index >= 15 is 0 Å². The number of aromatic nitrogens is 2. The lowest BCUT2D eigenvalue weighted by Gasteiger charge is -2.05. The van der Waals surface area contributed by atoms with Crippen LogP contribution in [0.5, 0.6) is 0 Å². The van der Waals surface area contributed by atoms with Gasteiger partial charge in [-0.05, 0) is 41.9 Å². The number of aromatic amines is 1. The molecule has 0 fully saturated rings. The third kappa shape index (κ3) is 3.15. The summed E-state index contributed by atoms with van der Waals surface area (Å²) in [5.74, 6) is 0.958. The number of nitrogens with zero attached hydrogens (tertiary/aromatic N) is 1. The number of hydrogen-bond donors (Lipinski definition) is 2. The molecule has 1 aliphatic rings. The molecule has 1 amide bonds. The van der Waals surface area contributed by atoms with Crippen molar-refractivity contribution in [1.82, 2.24) is 10.2 Å². The highest BCUT2D eigenvalue weighted by Crippen LogP contribution is 2.23. The Balaban J connectivity index is 1.63. The maximum atomic E-state index is 12.1. The van der Waals surface area contributed by atoms with Crippen molar-refractivity contribution in [3.63, 3.8) is 0 Å². The van der Waals surface area contributed by atoms with Crippen LogP contribution in [-0.4, -0.2) is 16.1 Å². The van der Waals surface area contributed by atoms with Gasteiger partial charge in [-0.2, -0.15) is 5.10 Å². The molecule has 110 valence electrons. The van der Waals surface area contributed by atoms with Crippen LogP contribution < -0.4 is 5.32 Å². The van der Waals surface area contributed by atoms with Crippen LogP contribution >= 0.6 is 0 Å². The van der Waals surface area contributed by atoms with Crippen LogP contribution in [0.15, 0.2) is 24.3 Å². The Morgan fingerprint density at radius 2 is 2.10 bits per heavy atom. The van der Waals surface area contributed by atoms with Gasteiger partial charge in [0.2, 0.25) is 5.91 Å². The van der Waals surface area contributed by atoms with E-state index in [0.29, 0.717) is 18.2 Å². The zero-order valence-corrected chi connectivity index (χ0v) is 12.6. The Labute approximate surface area is 125 Å². The summed E-state index contributed by atoms with van der Waals surface area (Å²) < 4.78 is 0. The highest BCUT2D eigenvalue weighted by atomic mass is 16.1. The van der Waals surface area contributed by atoms with Gasteiger partial charge in [0.15, 0.2) is 5.82 Å². The van der Waals surface area contributed by atoms with Crippen molar-refractivity contribution in [2.24, 2.45) is 0 Å². The lowest BCUT2D eigenvalue weighted by Crippen LogP contribution is -2.14. The van der Waals surface area contributed by atoms with E-state index in [4.69, 9.17) is 0 Å². The largest absolute Gasteiger partial charge is 0.309 e. The number of aryl methyl sites for hydroxylation is 2. The van der Waals surface area contributed by atoms with E-state index in [1.54, 1.807) is 0 Å². The number of amides is 1. The van der Waals surface area contributed by atoms with E-state index in [1.807, 2.05) is 6.07 Å². The van der Waals surface area contributed by atoms with Crippen LogP contribution in [0.25, 0.3) is 0 Å². The fourth-order valence-electron chi connectivity index (χ4n) is 2.80. The maximum absolute atomic E-state index is 12.1. The second-order valence-electron chi connectivity index (χ2n) is 6.04. The minimum atomic E-state index is -0.0187. The van der Waals surface area contributed by atoms with Crippen LogP contribution in [0.2, 0.25) is 0 Å². The van der Waals surface area contributed by atoms with Crippen molar-refractivity contribution < 1.29 is 4.79 Å². The average Bonchev–Trinajstić information content (AvgIpc) is 3.06. The molecule has 0 saturated carbocycles. The van der Waals surface area contributed by atoms with Gasteiger partial charge in [-0.25, -0.2) is 0 Å². The fourth-order valence-corrected chi connectivity index (χ4v) is 2.80. The van der Waals surface area contributed by atoms with Gasteiger partial charge in [0, 0.05) is 11.8 Å². The summed E-state index contributed by atoms with van der Waals surface area (Å²) in [5.41, 5.74) is 4.95. The van der Waals surface area contributed by atoms with Crippen LogP contribution in [0.1, 0.15) is 48.6 Å². The SMILES string of the molecule is CC(C)c1cc(NC(=O)Cc2ccc3c(c2)CCC3)n[nH]1. The Bertz CT molecular complexity index is 658. The molecule has 0 radical (unpaired) electrons. The van der Waals surface area contributed by atoms with Gasteiger partial charge < -0.3 is 5.32 Å². The Morgan fingerprint density at radius 3 is 2.86 bits per heavy atom. The molecule has 0 atom stereocenters. The first kappa shape index (κ1) is 13.9. The Kier molecular flexibility index (Phi) is 3.78. The van der Waals surface area contributed by atoms with Crippen molar-refractivity contribution in [1.29, 1.82) is 0 Å². The monoisotopic (exact) mass is 283 g/mol. The third-order valence-electron chi connectivity index (χ3n) is 4.01. The number of carbonyl (C=O) groups excluding carboxylic acids is 1. The first-order valence-corrected chi connectivity index (χ1v) is 7.57. The molecular weight excluding hydrogens is 262 g/mol. The molecule has 2 aromatic rings. The minimum Gasteiger partial charge on any atom is -0.309 e. The van der Waals surface area contributed by atoms with Crippen molar-refractivity contribution in [3.8, 4) is 0 Å². The lowest BCUT2D eigenvalue weighted by atomic mass is 10.0. The number of H-pyrrole nitrogens is 1. The van der Waals surface area contributed by atoms with E-state index in [0.717, 1.165) is 17.7 Å². The number of carbonyl (C=O) groups is 1. The van der Waals surface area contributed by atoms with Crippen molar-refractivity contribution >= 4 is 11.7 Å². The van der Waals surface area contributed by atoms with Crippen molar-refractivity contribution in [3.05, 3.63) is 46.6 Å². The molecule has 3 rings (SSSR count). The smallest absolute Gasteiger partial charge is 0.229 e. The molecule has 2 N–H and O–H groups in total. The zero-order valence-electron chi connectivity index (χ0n) is 12.6. The normalized spacial score (nSPS) is 13.5. The Morgan fingerprint density at radius 1 is 1.29 bits per heavy atom. The number of fused-ring (bicyclic) bond motifs is 1. The number of hydrogen-bond acceptors (Lipinski definition) is 2. The minimum absolute atomic E-state index is 0.0187. The molecular formula is C17H21N3O. The predicted molar refractivity (Wildman–Crippen MR) is 83.5 cm³/mol. The molecule has 1 heterocycles. The number of rotatable bonds is 4. The third-order valence-corrected chi connectivity index (χ3v) is 4.01. The van der Waals surface area contributed by atoms with Gasteiger partial charge in [0.1, 0.15) is 0 Å². The van der Waals surface area contributed by atoms with Crippen LogP contribution in [-0.2, 0) is 24.1 Å². The first-order valence-electron chi connectivity index (χ1n) is 7.57. The fraction of sp³-hybridized carbons (Fsp3) is 0.412. The highest BCUT2D eigenvalue weighted by molar-refractivity contribution is 5.91. The van der Waals surface area contributed by atoms with Gasteiger partial charge in [0.25, 0.3) is 0 Å². The quantitative estimate of drug-likeness (QED) is 0.905. The molecule has 1 aromatic heterocycles. The summed E-state index contributed by atoms with van der Waals surface area (Å²) in [6.07, 6.45) is 3.95. The van der Waals surface area contributed by atoms with Gasteiger partial charge >= 0.3 is 0 Å². The summed E-state index contributed by atoms with van der Waals surface area (Å²) >= 11 is 0. The van der Waals surface area contributed by atoms with E-state index in [-0.39, 0.29) is 5.91 Å². The van der Waals surface area contributed by atoms with Crippen LogP contribution in [0.3, 0.4) is 0 Å². The molecule has 21 heavy (non-hydrogen) atoms. The summed E-state index contributed by atoms with van der Waals surface area (Å²) in [5, 5.41) is 9.92. The molecule has 1 aliphatic carbocycles. The first-order chi connectivity index (χ1) is 10.1. The molecule has 1 aromatic carbocycles. The second-order valence-corrected chi connectivity index (χ2v) is 6.04. The summed E-state index contributed by atoms with van der Waals surface area (Å²) in [4.78, 5) is 12.1. The molecule has 0 bridgehead atoms. The van der Waals surface area contributed by atoms with Crippen LogP contribution in [0.4, 0.5) is 5.82 Å². The highest BCUT2D eigenvalue weighted by Gasteiger charge is 2.13. The molecule has 4 heteroatoms. The zero-order chi connectivity index (χ0) is 14.8. The second kappa shape index (κ2) is 5.72. The van der Waals surface area contributed by atoms with Gasteiger partial charge in [-0.1, -0.05) is 32.0 Å². The van der Waals surface area contributed by atoms with Gasteiger partial charge in [-0.15, -0.1) is 0 Å². The summed E-state index contributed by atoms with van der Waals surface area (Å²) in [7, 11) is 0. The molecule has 0 saturated heterocycles. The Hall–Kier alpha value is -2.10. The summed E-state index contributed by atoms with van der Waals surface area (Å²) in [6.45, 7) is 4.17. The lowest BCUT2D eigenvalue weighted by molar-refractivity contribution is -0.115. The van der Waals surface area contributed by atoms with Crippen molar-refractivity contribution in [2.75, 3.05) is 5.32 Å². The van der Waals surface area contributed by atoms with Crippen LogP contribution in [0, 0.1) is 0 Å². The number of nitrogens with one attached hydrogen (secondary N) is 2. The summed E-state index contributed by atoms with van der Waals surface area (Å²) in [6, 6.07) is 8.29. The number of benzene rings is 1. The average molecular weight is 283 g/mol. The predicted octanol–water partition coefficient (Wildman–Crippen LogP) is 3.20. The molecule has 0 aliphatic heterocycles. The standard InChI is InChI=1S/C17H21N3O/c1-11(2)15-10-16(20-19-15)18-17(21)9-12-6-7-13-4-3-5-14(13)8-12/h6-8,10-11H,3-5,9H2,1-2H3,(H2,18,19,20,21). The van der Waals surface area contributed by atoms with Crippen molar-refractivity contribution in [2.45, 2.75) is 45.4 Å². The topological polar surface area (TPSA) is 57.8 Å².